The zero-order chi connectivity index (χ0) is 19.4. The highest BCUT2D eigenvalue weighted by atomic mass is 19.1. The van der Waals surface area contributed by atoms with E-state index in [1.807, 2.05) is 24.3 Å². The minimum Gasteiger partial charge on any atom is -0.338 e. The molecular weight excluding hydrogens is 343 g/mol. The average Bonchev–Trinajstić information content (AvgIpc) is 2.68. The van der Waals surface area contributed by atoms with E-state index in [1.165, 1.54) is 29.8 Å². The number of benzene rings is 2. The van der Waals surface area contributed by atoms with Crippen LogP contribution in [0.3, 0.4) is 0 Å². The molecule has 2 amide bonds. The summed E-state index contributed by atoms with van der Waals surface area (Å²) in [5.41, 5.74) is 2.44. The molecule has 142 valence electrons. The summed E-state index contributed by atoms with van der Waals surface area (Å²) in [6.45, 7) is 5.25. The van der Waals surface area contributed by atoms with Gasteiger partial charge in [-0.05, 0) is 60.7 Å². The van der Waals surface area contributed by atoms with E-state index in [-0.39, 0.29) is 23.5 Å². The number of halogens is 1. The van der Waals surface area contributed by atoms with Crippen LogP contribution in [0.2, 0.25) is 0 Å². The second-order valence-corrected chi connectivity index (χ2v) is 7.36. The maximum atomic E-state index is 13.1. The zero-order valence-electron chi connectivity index (χ0n) is 15.7. The minimum absolute atomic E-state index is 0.0658. The summed E-state index contributed by atoms with van der Waals surface area (Å²) in [6, 6.07) is 13.4. The van der Waals surface area contributed by atoms with Gasteiger partial charge in [-0.2, -0.15) is 0 Å². The number of rotatable bonds is 4. The van der Waals surface area contributed by atoms with Crippen LogP contribution in [-0.2, 0) is 4.79 Å². The maximum Gasteiger partial charge on any atom is 0.253 e. The highest BCUT2D eigenvalue weighted by molar-refractivity contribution is 5.96. The summed E-state index contributed by atoms with van der Waals surface area (Å²) in [5, 5.41) is 2.96. The Morgan fingerprint density at radius 1 is 1.07 bits per heavy atom. The van der Waals surface area contributed by atoms with Crippen LogP contribution in [0, 0.1) is 11.7 Å². The molecule has 0 aromatic heterocycles. The quantitative estimate of drug-likeness (QED) is 0.867. The smallest absolute Gasteiger partial charge is 0.253 e. The number of amides is 2. The zero-order valence-corrected chi connectivity index (χ0v) is 15.7. The lowest BCUT2D eigenvalue weighted by Crippen LogP contribution is -2.43. The highest BCUT2D eigenvalue weighted by Crippen LogP contribution is 2.22. The van der Waals surface area contributed by atoms with Crippen LogP contribution in [-0.4, -0.2) is 29.8 Å². The number of piperidine rings is 1. The predicted molar refractivity (Wildman–Crippen MR) is 104 cm³/mol. The number of nitrogens with zero attached hydrogens (tertiary/aromatic N) is 1. The Hall–Kier alpha value is -2.69. The first kappa shape index (κ1) is 19.1. The molecule has 3 rings (SSSR count). The largest absolute Gasteiger partial charge is 0.338 e. The summed E-state index contributed by atoms with van der Waals surface area (Å²) in [5.74, 6) is -0.393. The Morgan fingerprint density at radius 2 is 1.74 bits per heavy atom. The van der Waals surface area contributed by atoms with E-state index in [9.17, 15) is 14.0 Å². The Kier molecular flexibility index (Phi) is 5.89. The van der Waals surface area contributed by atoms with E-state index in [0.29, 0.717) is 24.6 Å². The second kappa shape index (κ2) is 8.33. The molecule has 1 atom stereocenters. The van der Waals surface area contributed by atoms with Gasteiger partial charge in [0.15, 0.2) is 0 Å². The topological polar surface area (TPSA) is 49.4 Å². The fourth-order valence-corrected chi connectivity index (χ4v) is 3.35. The van der Waals surface area contributed by atoms with Crippen LogP contribution in [0.5, 0.6) is 0 Å². The molecule has 5 heteroatoms. The Labute approximate surface area is 159 Å². The monoisotopic (exact) mass is 368 g/mol. The van der Waals surface area contributed by atoms with E-state index in [0.717, 1.165) is 18.5 Å². The van der Waals surface area contributed by atoms with Gasteiger partial charge in [0, 0.05) is 24.3 Å². The summed E-state index contributed by atoms with van der Waals surface area (Å²) >= 11 is 0. The lowest BCUT2D eigenvalue weighted by atomic mass is 9.96. The first-order chi connectivity index (χ1) is 12.9. The van der Waals surface area contributed by atoms with Crippen molar-refractivity contribution >= 4 is 17.5 Å². The molecule has 1 aliphatic heterocycles. The normalized spacial score (nSPS) is 17.0. The molecule has 0 unspecified atom stereocenters. The summed E-state index contributed by atoms with van der Waals surface area (Å²) in [6.07, 6.45) is 1.53. The van der Waals surface area contributed by atoms with Crippen LogP contribution >= 0.6 is 0 Å². The van der Waals surface area contributed by atoms with Crippen molar-refractivity contribution in [2.24, 2.45) is 5.92 Å². The fourth-order valence-electron chi connectivity index (χ4n) is 3.35. The van der Waals surface area contributed by atoms with Gasteiger partial charge in [0.1, 0.15) is 5.82 Å². The standard InChI is InChI=1S/C22H25FN2O2/c1-15(2)16-7-11-20(12-8-16)24-21(26)18-4-3-13-25(14-18)22(27)17-5-9-19(23)10-6-17/h5-12,15,18H,3-4,13-14H2,1-2H3,(H,24,26)/t18-/m0/s1. The Bertz CT molecular complexity index is 800. The predicted octanol–water partition coefficient (Wildman–Crippen LogP) is 4.44. The Morgan fingerprint density at radius 3 is 2.37 bits per heavy atom. The van der Waals surface area contributed by atoms with E-state index in [1.54, 1.807) is 4.90 Å². The van der Waals surface area contributed by atoms with E-state index < -0.39 is 0 Å². The molecule has 0 radical (unpaired) electrons. The molecule has 1 heterocycles. The SMILES string of the molecule is CC(C)c1ccc(NC(=O)[C@H]2CCCN(C(=O)c3ccc(F)cc3)C2)cc1. The van der Waals surface area contributed by atoms with Crippen LogP contribution in [0.15, 0.2) is 48.5 Å². The van der Waals surface area contributed by atoms with Gasteiger partial charge < -0.3 is 10.2 Å². The van der Waals surface area contributed by atoms with Gasteiger partial charge >= 0.3 is 0 Å². The van der Waals surface area contributed by atoms with Crippen molar-refractivity contribution in [3.63, 3.8) is 0 Å². The van der Waals surface area contributed by atoms with Gasteiger partial charge in [-0.15, -0.1) is 0 Å². The number of likely N-dealkylation sites (tertiary alicyclic amines) is 1. The third kappa shape index (κ3) is 4.73. The molecule has 0 saturated carbocycles. The number of anilines is 1. The lowest BCUT2D eigenvalue weighted by molar-refractivity contribution is -0.121. The van der Waals surface area contributed by atoms with Crippen molar-refractivity contribution in [1.82, 2.24) is 4.90 Å². The lowest BCUT2D eigenvalue weighted by Gasteiger charge is -2.32. The van der Waals surface area contributed by atoms with E-state index in [4.69, 9.17) is 0 Å². The van der Waals surface area contributed by atoms with Crippen molar-refractivity contribution in [2.45, 2.75) is 32.6 Å². The molecule has 0 spiro atoms. The molecular formula is C22H25FN2O2. The van der Waals surface area contributed by atoms with Gasteiger partial charge in [0.2, 0.25) is 5.91 Å². The van der Waals surface area contributed by atoms with Gasteiger partial charge in [-0.3, -0.25) is 9.59 Å². The number of hydrogen-bond acceptors (Lipinski definition) is 2. The van der Waals surface area contributed by atoms with Crippen LogP contribution in [0.4, 0.5) is 10.1 Å². The van der Waals surface area contributed by atoms with Gasteiger partial charge in [-0.1, -0.05) is 26.0 Å². The molecule has 2 aromatic rings. The van der Waals surface area contributed by atoms with Crippen molar-refractivity contribution in [3.05, 3.63) is 65.5 Å². The molecule has 1 N–H and O–H groups in total. The van der Waals surface area contributed by atoms with Crippen LogP contribution < -0.4 is 5.32 Å². The first-order valence-corrected chi connectivity index (χ1v) is 9.39. The Balaban J connectivity index is 1.62. The minimum atomic E-state index is -0.370. The number of carbonyl (C=O) groups excluding carboxylic acids is 2. The molecule has 2 aromatic carbocycles. The first-order valence-electron chi connectivity index (χ1n) is 9.39. The molecule has 0 bridgehead atoms. The fraction of sp³-hybridized carbons (Fsp3) is 0.364. The van der Waals surface area contributed by atoms with Crippen LogP contribution in [0.1, 0.15) is 48.5 Å². The molecule has 27 heavy (non-hydrogen) atoms. The molecule has 4 nitrogen and oxygen atoms in total. The highest BCUT2D eigenvalue weighted by Gasteiger charge is 2.29. The third-order valence-corrected chi connectivity index (χ3v) is 5.02. The van der Waals surface area contributed by atoms with E-state index >= 15 is 0 Å². The molecule has 1 fully saturated rings. The summed E-state index contributed by atoms with van der Waals surface area (Å²) < 4.78 is 13.1. The van der Waals surface area contributed by atoms with Gasteiger partial charge in [-0.25, -0.2) is 4.39 Å². The number of nitrogens with one attached hydrogen (secondary N) is 1. The average molecular weight is 368 g/mol. The van der Waals surface area contributed by atoms with E-state index in [2.05, 4.69) is 19.2 Å². The summed E-state index contributed by atoms with van der Waals surface area (Å²) in [4.78, 5) is 26.9. The maximum absolute atomic E-state index is 13.1. The third-order valence-electron chi connectivity index (χ3n) is 5.02. The molecule has 1 saturated heterocycles. The number of carbonyl (C=O) groups is 2. The van der Waals surface area contributed by atoms with Crippen molar-refractivity contribution in [2.75, 3.05) is 18.4 Å². The summed E-state index contributed by atoms with van der Waals surface area (Å²) in [7, 11) is 0. The number of hydrogen-bond donors (Lipinski definition) is 1. The van der Waals surface area contributed by atoms with Crippen molar-refractivity contribution < 1.29 is 14.0 Å². The van der Waals surface area contributed by atoms with Crippen molar-refractivity contribution in [3.8, 4) is 0 Å². The molecule has 0 aliphatic carbocycles. The van der Waals surface area contributed by atoms with Crippen molar-refractivity contribution in [1.29, 1.82) is 0 Å². The van der Waals surface area contributed by atoms with Gasteiger partial charge in [0.25, 0.3) is 5.91 Å². The van der Waals surface area contributed by atoms with Gasteiger partial charge in [0.05, 0.1) is 5.92 Å². The molecule has 1 aliphatic rings. The second-order valence-electron chi connectivity index (χ2n) is 7.36. The van der Waals surface area contributed by atoms with Crippen LogP contribution in [0.25, 0.3) is 0 Å².